The van der Waals surface area contributed by atoms with E-state index in [-0.39, 0.29) is 6.04 Å². The van der Waals surface area contributed by atoms with Crippen LogP contribution in [0.5, 0.6) is 0 Å². The Hall–Kier alpha value is -1.75. The zero-order valence-corrected chi connectivity index (χ0v) is 10.2. The maximum absolute atomic E-state index is 13.1. The lowest BCUT2D eigenvalue weighted by Crippen LogP contribution is -2.18. The van der Waals surface area contributed by atoms with Crippen LogP contribution in [0, 0.1) is 18.6 Å². The zero-order chi connectivity index (χ0) is 13.1. The van der Waals surface area contributed by atoms with Gasteiger partial charge in [-0.05, 0) is 31.5 Å². The third-order valence-corrected chi connectivity index (χ3v) is 2.65. The lowest BCUT2D eigenvalue weighted by molar-refractivity contribution is 0.386. The first-order chi connectivity index (χ1) is 8.54. The molecule has 96 valence electrons. The van der Waals surface area contributed by atoms with Crippen molar-refractivity contribution >= 4 is 0 Å². The van der Waals surface area contributed by atoms with E-state index in [1.807, 2.05) is 19.9 Å². The summed E-state index contributed by atoms with van der Waals surface area (Å²) in [6.45, 7) is 4.12. The zero-order valence-electron chi connectivity index (χ0n) is 10.2. The second kappa shape index (κ2) is 5.27. The molecule has 1 atom stereocenters. The number of hydrogen-bond acceptors (Lipinski definition) is 3. The average Bonchev–Trinajstić information content (AvgIpc) is 2.70. The molecule has 0 aliphatic carbocycles. The van der Waals surface area contributed by atoms with E-state index in [1.54, 1.807) is 0 Å². The first kappa shape index (κ1) is 12.7. The van der Waals surface area contributed by atoms with Crippen LogP contribution < -0.4 is 5.32 Å². The lowest BCUT2D eigenvalue weighted by atomic mass is 10.1. The maximum atomic E-state index is 13.1. The van der Waals surface area contributed by atoms with Gasteiger partial charge in [-0.2, -0.15) is 0 Å². The molecule has 1 heterocycles. The molecular formula is C13H14F2N2O. The van der Waals surface area contributed by atoms with E-state index < -0.39 is 11.6 Å². The fourth-order valence-corrected chi connectivity index (χ4v) is 1.70. The van der Waals surface area contributed by atoms with Crippen LogP contribution in [0.4, 0.5) is 8.78 Å². The highest BCUT2D eigenvalue weighted by Gasteiger charge is 2.09. The van der Waals surface area contributed by atoms with Crippen LogP contribution in [0.15, 0.2) is 28.8 Å². The van der Waals surface area contributed by atoms with E-state index >= 15 is 0 Å². The highest BCUT2D eigenvalue weighted by Crippen LogP contribution is 2.16. The molecule has 2 rings (SSSR count). The fourth-order valence-electron chi connectivity index (χ4n) is 1.70. The van der Waals surface area contributed by atoms with E-state index in [2.05, 4.69) is 10.5 Å². The van der Waals surface area contributed by atoms with Crippen LogP contribution in [0.25, 0.3) is 0 Å². The summed E-state index contributed by atoms with van der Waals surface area (Å²) in [5, 5.41) is 6.96. The van der Waals surface area contributed by atoms with Crippen molar-refractivity contribution in [3.05, 3.63) is 52.9 Å². The second-order valence-electron chi connectivity index (χ2n) is 4.23. The van der Waals surface area contributed by atoms with E-state index in [4.69, 9.17) is 4.52 Å². The Labute approximate surface area is 104 Å². The van der Waals surface area contributed by atoms with Crippen LogP contribution in [0.3, 0.4) is 0 Å². The summed E-state index contributed by atoms with van der Waals surface area (Å²) in [4.78, 5) is 0. The van der Waals surface area contributed by atoms with E-state index in [9.17, 15) is 8.78 Å². The van der Waals surface area contributed by atoms with Gasteiger partial charge in [0.25, 0.3) is 0 Å². The number of nitrogens with one attached hydrogen (secondary N) is 1. The van der Waals surface area contributed by atoms with Crippen molar-refractivity contribution in [3.8, 4) is 0 Å². The maximum Gasteiger partial charge on any atom is 0.133 e. The molecule has 0 spiro atoms. The summed E-state index contributed by atoms with van der Waals surface area (Å²) in [5.41, 5.74) is 1.32. The van der Waals surface area contributed by atoms with Crippen LogP contribution in [-0.2, 0) is 6.54 Å². The number of nitrogens with zero attached hydrogens (tertiary/aromatic N) is 1. The Balaban J connectivity index is 2.01. The van der Waals surface area contributed by atoms with Gasteiger partial charge in [0.1, 0.15) is 17.4 Å². The molecule has 0 amide bonds. The molecule has 18 heavy (non-hydrogen) atoms. The van der Waals surface area contributed by atoms with Gasteiger partial charge in [0.15, 0.2) is 0 Å². The second-order valence-corrected chi connectivity index (χ2v) is 4.23. The van der Waals surface area contributed by atoms with Gasteiger partial charge in [-0.3, -0.25) is 0 Å². The topological polar surface area (TPSA) is 38.1 Å². The van der Waals surface area contributed by atoms with Gasteiger partial charge in [-0.15, -0.1) is 0 Å². The molecule has 0 fully saturated rings. The van der Waals surface area contributed by atoms with Gasteiger partial charge in [0.2, 0.25) is 0 Å². The molecule has 0 radical (unpaired) electrons. The van der Waals surface area contributed by atoms with Crippen molar-refractivity contribution in [2.75, 3.05) is 0 Å². The largest absolute Gasteiger partial charge is 0.361 e. The summed E-state index contributed by atoms with van der Waals surface area (Å²) in [7, 11) is 0. The van der Waals surface area contributed by atoms with Crippen LogP contribution >= 0.6 is 0 Å². The van der Waals surface area contributed by atoms with Gasteiger partial charge in [-0.25, -0.2) is 8.78 Å². The summed E-state index contributed by atoms with van der Waals surface area (Å²) < 4.78 is 31.1. The highest BCUT2D eigenvalue weighted by atomic mass is 19.1. The predicted octanol–water partition coefficient (Wildman–Crippen LogP) is 3.11. The molecule has 5 heteroatoms. The quantitative estimate of drug-likeness (QED) is 0.908. The van der Waals surface area contributed by atoms with Gasteiger partial charge in [0.05, 0.1) is 5.69 Å². The Morgan fingerprint density at radius 3 is 2.44 bits per heavy atom. The van der Waals surface area contributed by atoms with Gasteiger partial charge in [0, 0.05) is 24.7 Å². The van der Waals surface area contributed by atoms with Gasteiger partial charge >= 0.3 is 0 Å². The number of rotatable bonds is 4. The Kier molecular flexibility index (Phi) is 3.72. The Morgan fingerprint density at radius 2 is 1.89 bits per heavy atom. The third kappa shape index (κ3) is 3.13. The predicted molar refractivity (Wildman–Crippen MR) is 62.9 cm³/mol. The molecule has 3 nitrogen and oxygen atoms in total. The average molecular weight is 252 g/mol. The standard InChI is InChI=1S/C13H14F2N2O/c1-8-3-13(17-18-8)7-16-9(2)10-4-11(14)6-12(15)5-10/h3-6,9,16H,7H2,1-2H3. The van der Waals surface area contributed by atoms with Crippen molar-refractivity contribution in [2.24, 2.45) is 0 Å². The van der Waals surface area contributed by atoms with Crippen LogP contribution in [-0.4, -0.2) is 5.16 Å². The highest BCUT2D eigenvalue weighted by molar-refractivity contribution is 5.21. The Morgan fingerprint density at radius 1 is 1.22 bits per heavy atom. The van der Waals surface area contributed by atoms with E-state index in [0.29, 0.717) is 12.1 Å². The third-order valence-electron chi connectivity index (χ3n) is 2.65. The normalized spacial score (nSPS) is 12.7. The van der Waals surface area contributed by atoms with Crippen molar-refractivity contribution in [1.29, 1.82) is 0 Å². The molecular weight excluding hydrogens is 238 g/mol. The molecule has 0 saturated carbocycles. The molecule has 1 aromatic carbocycles. The summed E-state index contributed by atoms with van der Waals surface area (Å²) in [6, 6.07) is 5.12. The molecule has 0 aliphatic rings. The number of aromatic nitrogens is 1. The van der Waals surface area contributed by atoms with Crippen molar-refractivity contribution in [3.63, 3.8) is 0 Å². The number of halogens is 2. The molecule has 1 N–H and O–H groups in total. The minimum absolute atomic E-state index is 0.174. The number of aryl methyl sites for hydroxylation is 1. The molecule has 0 aliphatic heterocycles. The van der Waals surface area contributed by atoms with Crippen LogP contribution in [0.1, 0.15) is 30.0 Å². The van der Waals surface area contributed by atoms with Crippen LogP contribution in [0.2, 0.25) is 0 Å². The monoisotopic (exact) mass is 252 g/mol. The minimum Gasteiger partial charge on any atom is -0.361 e. The summed E-state index contributed by atoms with van der Waals surface area (Å²) in [5.74, 6) is -0.414. The fraction of sp³-hybridized carbons (Fsp3) is 0.308. The Bertz CT molecular complexity index is 519. The first-order valence-corrected chi connectivity index (χ1v) is 5.66. The minimum atomic E-state index is -0.573. The SMILES string of the molecule is Cc1cc(CNC(C)c2cc(F)cc(F)c2)no1. The smallest absolute Gasteiger partial charge is 0.133 e. The number of hydrogen-bond donors (Lipinski definition) is 1. The molecule has 0 bridgehead atoms. The van der Waals surface area contributed by atoms with E-state index in [0.717, 1.165) is 17.5 Å². The molecule has 1 aromatic heterocycles. The van der Waals surface area contributed by atoms with Gasteiger partial charge in [-0.1, -0.05) is 5.16 Å². The first-order valence-electron chi connectivity index (χ1n) is 5.66. The van der Waals surface area contributed by atoms with Crippen molar-refractivity contribution < 1.29 is 13.3 Å². The van der Waals surface area contributed by atoms with Crippen molar-refractivity contribution in [1.82, 2.24) is 10.5 Å². The van der Waals surface area contributed by atoms with E-state index in [1.165, 1.54) is 12.1 Å². The van der Waals surface area contributed by atoms with Crippen molar-refractivity contribution in [2.45, 2.75) is 26.4 Å². The van der Waals surface area contributed by atoms with Gasteiger partial charge < -0.3 is 9.84 Å². The molecule has 0 saturated heterocycles. The molecule has 1 unspecified atom stereocenters. The summed E-state index contributed by atoms with van der Waals surface area (Å²) >= 11 is 0. The molecule has 2 aromatic rings. The lowest BCUT2D eigenvalue weighted by Gasteiger charge is -2.13. The number of benzene rings is 1. The summed E-state index contributed by atoms with van der Waals surface area (Å²) in [6.07, 6.45) is 0.